The number of hydrogen-bond donors (Lipinski definition) is 0. The van der Waals surface area contributed by atoms with Gasteiger partial charge >= 0.3 is 0 Å². The van der Waals surface area contributed by atoms with Crippen LogP contribution in [-0.4, -0.2) is 6.72 Å². The van der Waals surface area contributed by atoms with Gasteiger partial charge in [-0.1, -0.05) is 33.3 Å². The average molecular weight is 193 g/mol. The van der Waals surface area contributed by atoms with Gasteiger partial charge in [0.15, 0.2) is 0 Å². The Balaban J connectivity index is 5.08. The molecule has 0 aliphatic heterocycles. The van der Waals surface area contributed by atoms with Crippen LogP contribution in [0, 0.1) is 11.8 Å². The van der Waals surface area contributed by atoms with Crippen molar-refractivity contribution < 1.29 is 0 Å². The molecule has 0 aromatic rings. The molecule has 0 amide bonds. The topological polar surface area (TPSA) is 12.4 Å². The molecule has 0 radical (unpaired) electrons. The van der Waals surface area contributed by atoms with Gasteiger partial charge in [0.05, 0.1) is 0 Å². The van der Waals surface area contributed by atoms with Crippen LogP contribution in [0.1, 0.15) is 41.5 Å². The number of rotatable bonds is 4. The first kappa shape index (κ1) is 13.2. The van der Waals surface area contributed by atoms with Gasteiger partial charge in [0, 0.05) is 5.70 Å². The first-order valence-electron chi connectivity index (χ1n) is 5.25. The third-order valence-corrected chi connectivity index (χ3v) is 2.28. The van der Waals surface area contributed by atoms with Crippen LogP contribution in [-0.2, 0) is 0 Å². The lowest BCUT2D eigenvalue weighted by Gasteiger charge is -2.12. The predicted molar refractivity (Wildman–Crippen MR) is 65.7 cm³/mol. The van der Waals surface area contributed by atoms with E-state index < -0.39 is 0 Å². The summed E-state index contributed by atoms with van der Waals surface area (Å²) >= 11 is 0. The zero-order chi connectivity index (χ0) is 11.3. The van der Waals surface area contributed by atoms with E-state index in [2.05, 4.69) is 59.3 Å². The van der Waals surface area contributed by atoms with E-state index in [1.54, 1.807) is 0 Å². The minimum atomic E-state index is 0.445. The first-order valence-corrected chi connectivity index (χ1v) is 5.25. The van der Waals surface area contributed by atoms with Gasteiger partial charge < -0.3 is 0 Å². The second-order valence-corrected chi connectivity index (χ2v) is 4.49. The molecule has 0 fully saturated rings. The van der Waals surface area contributed by atoms with Crippen LogP contribution in [0.15, 0.2) is 27.9 Å². The molecule has 0 aliphatic carbocycles. The highest BCUT2D eigenvalue weighted by Gasteiger charge is 2.06. The molecule has 0 heterocycles. The Morgan fingerprint density at radius 3 is 1.79 bits per heavy atom. The maximum Gasteiger partial charge on any atom is 0.0424 e. The summed E-state index contributed by atoms with van der Waals surface area (Å²) in [7, 11) is 0. The number of hydrogen-bond acceptors (Lipinski definition) is 1. The maximum atomic E-state index is 4.07. The van der Waals surface area contributed by atoms with Gasteiger partial charge in [-0.2, -0.15) is 0 Å². The maximum absolute atomic E-state index is 4.07. The van der Waals surface area contributed by atoms with Crippen molar-refractivity contribution in [3.63, 3.8) is 0 Å². The molecular formula is C13H23N. The van der Waals surface area contributed by atoms with Crippen molar-refractivity contribution in [3.05, 3.63) is 22.9 Å². The molecule has 0 N–H and O–H groups in total. The Hall–Kier alpha value is -0.850. The van der Waals surface area contributed by atoms with Crippen LogP contribution in [0.5, 0.6) is 0 Å². The highest BCUT2D eigenvalue weighted by Crippen LogP contribution is 2.21. The lowest BCUT2D eigenvalue weighted by atomic mass is 9.96. The standard InChI is InChI=1S/C13H23N/c1-9(2)12(10(3)4)8-13(14-7)11(5)6/h8-9,11H,7H2,1-6H3/b13-8-. The van der Waals surface area contributed by atoms with E-state index in [1.165, 1.54) is 11.1 Å². The van der Waals surface area contributed by atoms with E-state index in [-0.39, 0.29) is 0 Å². The fourth-order valence-corrected chi connectivity index (χ4v) is 1.44. The molecule has 0 spiro atoms. The van der Waals surface area contributed by atoms with Crippen LogP contribution in [0.2, 0.25) is 0 Å². The lowest BCUT2D eigenvalue weighted by molar-refractivity contribution is 0.737. The van der Waals surface area contributed by atoms with Gasteiger partial charge in [0.1, 0.15) is 0 Å². The molecule has 0 saturated heterocycles. The number of aliphatic imine (C=N–C) groups is 1. The Morgan fingerprint density at radius 2 is 1.57 bits per heavy atom. The lowest BCUT2D eigenvalue weighted by Crippen LogP contribution is -1.98. The Morgan fingerprint density at radius 1 is 1.07 bits per heavy atom. The van der Waals surface area contributed by atoms with Crippen molar-refractivity contribution >= 4 is 6.72 Å². The van der Waals surface area contributed by atoms with Crippen LogP contribution in [0.25, 0.3) is 0 Å². The fourth-order valence-electron chi connectivity index (χ4n) is 1.44. The molecule has 0 rings (SSSR count). The van der Waals surface area contributed by atoms with Crippen molar-refractivity contribution in [2.45, 2.75) is 41.5 Å². The molecule has 14 heavy (non-hydrogen) atoms. The summed E-state index contributed by atoms with van der Waals surface area (Å²) in [6.45, 7) is 16.6. The molecule has 0 aromatic carbocycles. The van der Waals surface area contributed by atoms with E-state index in [9.17, 15) is 0 Å². The van der Waals surface area contributed by atoms with Gasteiger partial charge in [0.2, 0.25) is 0 Å². The summed E-state index contributed by atoms with van der Waals surface area (Å²) in [4.78, 5) is 4.07. The van der Waals surface area contributed by atoms with Gasteiger partial charge in [-0.05, 0) is 44.0 Å². The van der Waals surface area contributed by atoms with Crippen LogP contribution < -0.4 is 0 Å². The van der Waals surface area contributed by atoms with Gasteiger partial charge in [-0.15, -0.1) is 0 Å². The summed E-state index contributed by atoms with van der Waals surface area (Å²) in [5.41, 5.74) is 3.82. The molecular weight excluding hydrogens is 170 g/mol. The highest BCUT2D eigenvalue weighted by molar-refractivity contribution is 5.35. The van der Waals surface area contributed by atoms with E-state index in [1.807, 2.05) is 0 Å². The van der Waals surface area contributed by atoms with Crippen LogP contribution in [0.3, 0.4) is 0 Å². The number of nitrogens with zero attached hydrogens (tertiary/aromatic N) is 1. The van der Waals surface area contributed by atoms with Crippen LogP contribution >= 0.6 is 0 Å². The minimum absolute atomic E-state index is 0.445. The van der Waals surface area contributed by atoms with Crippen molar-refractivity contribution in [2.75, 3.05) is 0 Å². The van der Waals surface area contributed by atoms with E-state index in [0.717, 1.165) is 5.70 Å². The van der Waals surface area contributed by atoms with E-state index >= 15 is 0 Å². The van der Waals surface area contributed by atoms with Gasteiger partial charge in [0.25, 0.3) is 0 Å². The molecule has 80 valence electrons. The SMILES string of the molecule is C=N/C(=C\C(=C(C)C)C(C)C)C(C)C. The molecule has 0 unspecified atom stereocenters. The van der Waals surface area contributed by atoms with E-state index in [0.29, 0.717) is 11.8 Å². The minimum Gasteiger partial charge on any atom is -0.269 e. The molecule has 0 aromatic heterocycles. The first-order chi connectivity index (χ1) is 6.40. The zero-order valence-electron chi connectivity index (χ0n) is 10.4. The largest absolute Gasteiger partial charge is 0.269 e. The Labute approximate surface area is 88.6 Å². The molecule has 0 aliphatic rings. The summed E-state index contributed by atoms with van der Waals surface area (Å²) in [5.74, 6) is 0.996. The highest BCUT2D eigenvalue weighted by atomic mass is 14.7. The van der Waals surface area contributed by atoms with Crippen molar-refractivity contribution in [2.24, 2.45) is 16.8 Å². The summed E-state index contributed by atoms with van der Waals surface area (Å²) in [5, 5.41) is 0. The van der Waals surface area contributed by atoms with Crippen molar-refractivity contribution in [3.8, 4) is 0 Å². The van der Waals surface area contributed by atoms with Crippen molar-refractivity contribution in [1.82, 2.24) is 0 Å². The predicted octanol–water partition coefficient (Wildman–Crippen LogP) is 4.22. The summed E-state index contributed by atoms with van der Waals surface area (Å²) in [6.07, 6.45) is 2.18. The third kappa shape index (κ3) is 3.91. The quantitative estimate of drug-likeness (QED) is 0.468. The smallest absolute Gasteiger partial charge is 0.0424 e. The molecule has 0 bridgehead atoms. The summed E-state index contributed by atoms with van der Waals surface area (Å²) in [6, 6.07) is 0. The zero-order valence-corrected chi connectivity index (χ0v) is 10.4. The molecule has 1 heteroatoms. The normalized spacial score (nSPS) is 12.1. The Bertz CT molecular complexity index is 250. The molecule has 0 atom stereocenters. The van der Waals surface area contributed by atoms with Gasteiger partial charge in [-0.25, -0.2) is 0 Å². The molecule has 0 saturated carbocycles. The Kier molecular flexibility index (Phi) is 5.44. The fraction of sp³-hybridized carbons (Fsp3) is 0.615. The third-order valence-electron chi connectivity index (χ3n) is 2.28. The number of allylic oxidation sites excluding steroid dienone is 4. The monoisotopic (exact) mass is 193 g/mol. The second kappa shape index (κ2) is 5.79. The average Bonchev–Trinajstić information content (AvgIpc) is 2.03. The van der Waals surface area contributed by atoms with Crippen LogP contribution in [0.4, 0.5) is 0 Å². The van der Waals surface area contributed by atoms with Crippen molar-refractivity contribution in [1.29, 1.82) is 0 Å². The van der Waals surface area contributed by atoms with Gasteiger partial charge in [-0.3, -0.25) is 4.99 Å². The summed E-state index contributed by atoms with van der Waals surface area (Å²) < 4.78 is 0. The second-order valence-electron chi connectivity index (χ2n) is 4.49. The van der Waals surface area contributed by atoms with E-state index in [4.69, 9.17) is 0 Å². The molecule has 1 nitrogen and oxygen atoms in total.